The fraction of sp³-hybridized carbons (Fsp3) is 0.150. The van der Waals surface area contributed by atoms with Crippen LogP contribution in [0, 0.1) is 0 Å². The third-order valence-electron chi connectivity index (χ3n) is 3.92. The van der Waals surface area contributed by atoms with Gasteiger partial charge in [-0.2, -0.15) is 4.98 Å². The van der Waals surface area contributed by atoms with Gasteiger partial charge in [-0.05, 0) is 30.7 Å². The molecule has 2 heterocycles. The van der Waals surface area contributed by atoms with Gasteiger partial charge in [0.05, 0.1) is 6.61 Å². The molecular weight excluding hydrogens is 332 g/mol. The molecule has 4 aromatic rings. The predicted molar refractivity (Wildman–Crippen MR) is 96.2 cm³/mol. The van der Waals surface area contributed by atoms with Crippen LogP contribution in [-0.2, 0) is 6.42 Å². The second-order valence-corrected chi connectivity index (χ2v) is 5.76. The van der Waals surface area contributed by atoms with Crippen molar-refractivity contribution in [2.45, 2.75) is 13.3 Å². The highest BCUT2D eigenvalue weighted by molar-refractivity contribution is 5.81. The van der Waals surface area contributed by atoms with Gasteiger partial charge in [0.1, 0.15) is 16.9 Å². The zero-order valence-electron chi connectivity index (χ0n) is 14.1. The summed E-state index contributed by atoms with van der Waals surface area (Å²) in [6.07, 6.45) is 0.529. The smallest absolute Gasteiger partial charge is 0.349 e. The molecule has 2 aromatic carbocycles. The Bertz CT molecular complexity index is 1100. The van der Waals surface area contributed by atoms with Crippen LogP contribution >= 0.6 is 0 Å². The van der Waals surface area contributed by atoms with Crippen molar-refractivity contribution in [3.8, 4) is 17.2 Å². The fourth-order valence-electron chi connectivity index (χ4n) is 2.71. The van der Waals surface area contributed by atoms with Gasteiger partial charge in [0, 0.05) is 17.9 Å². The van der Waals surface area contributed by atoms with E-state index < -0.39 is 5.63 Å². The van der Waals surface area contributed by atoms with Crippen molar-refractivity contribution in [2.24, 2.45) is 0 Å². The molecule has 0 aliphatic rings. The summed E-state index contributed by atoms with van der Waals surface area (Å²) in [7, 11) is 0. The number of nitrogens with zero attached hydrogens (tertiary/aromatic N) is 2. The van der Waals surface area contributed by atoms with Crippen LogP contribution in [0.15, 0.2) is 68.3 Å². The van der Waals surface area contributed by atoms with Crippen LogP contribution in [0.2, 0.25) is 0 Å². The van der Waals surface area contributed by atoms with Crippen molar-refractivity contribution in [3.63, 3.8) is 0 Å². The SMILES string of the molecule is CCOc1ccc2cc(-c3nc(Cc4ccccc4)no3)c(=O)oc2c1. The Morgan fingerprint density at radius 3 is 2.73 bits per heavy atom. The monoisotopic (exact) mass is 348 g/mol. The standard InChI is InChI=1S/C20H16N2O4/c1-2-24-15-9-8-14-11-16(20(23)25-17(14)12-15)19-21-18(22-26-19)10-13-6-4-3-5-7-13/h3-9,11-12H,2,10H2,1H3. The highest BCUT2D eigenvalue weighted by atomic mass is 16.5. The van der Waals surface area contributed by atoms with Crippen LogP contribution in [0.5, 0.6) is 5.75 Å². The molecule has 0 bridgehead atoms. The van der Waals surface area contributed by atoms with Gasteiger partial charge in [0.2, 0.25) is 0 Å². The lowest BCUT2D eigenvalue weighted by Crippen LogP contribution is -2.03. The second kappa shape index (κ2) is 6.84. The molecule has 0 unspecified atom stereocenters. The Morgan fingerprint density at radius 2 is 1.92 bits per heavy atom. The van der Waals surface area contributed by atoms with Gasteiger partial charge >= 0.3 is 5.63 Å². The first-order chi connectivity index (χ1) is 12.7. The Labute approximate surface area is 149 Å². The molecule has 0 fully saturated rings. The summed E-state index contributed by atoms with van der Waals surface area (Å²) in [5, 5.41) is 4.72. The predicted octanol–water partition coefficient (Wildman–Crippen LogP) is 3.83. The molecule has 0 saturated carbocycles. The molecule has 2 aromatic heterocycles. The summed E-state index contributed by atoms with van der Waals surface area (Å²) in [6.45, 7) is 2.44. The van der Waals surface area contributed by atoms with E-state index in [0.717, 1.165) is 10.9 Å². The van der Waals surface area contributed by atoms with Crippen molar-refractivity contribution in [1.29, 1.82) is 0 Å². The maximum atomic E-state index is 12.3. The molecule has 0 aliphatic carbocycles. The van der Waals surface area contributed by atoms with Crippen LogP contribution in [0.25, 0.3) is 22.4 Å². The molecule has 130 valence electrons. The number of hydrogen-bond acceptors (Lipinski definition) is 6. The molecule has 0 radical (unpaired) electrons. The van der Waals surface area contributed by atoms with Crippen LogP contribution in [0.1, 0.15) is 18.3 Å². The van der Waals surface area contributed by atoms with Crippen molar-refractivity contribution in [2.75, 3.05) is 6.61 Å². The molecule has 0 spiro atoms. The normalized spacial score (nSPS) is 11.0. The maximum absolute atomic E-state index is 12.3. The zero-order chi connectivity index (χ0) is 17.9. The summed E-state index contributed by atoms with van der Waals surface area (Å²) < 4.78 is 16.1. The molecule has 0 N–H and O–H groups in total. The first kappa shape index (κ1) is 16.1. The second-order valence-electron chi connectivity index (χ2n) is 5.76. The lowest BCUT2D eigenvalue weighted by molar-refractivity contribution is 0.340. The Hall–Kier alpha value is -3.41. The van der Waals surface area contributed by atoms with Crippen molar-refractivity contribution < 1.29 is 13.7 Å². The molecule has 4 rings (SSSR count). The molecule has 0 atom stereocenters. The summed E-state index contributed by atoms with van der Waals surface area (Å²) >= 11 is 0. The number of fused-ring (bicyclic) bond motifs is 1. The van der Waals surface area contributed by atoms with Gasteiger partial charge in [0.15, 0.2) is 5.82 Å². The van der Waals surface area contributed by atoms with Gasteiger partial charge in [-0.1, -0.05) is 35.5 Å². The van der Waals surface area contributed by atoms with E-state index in [-0.39, 0.29) is 11.5 Å². The third kappa shape index (κ3) is 3.21. The number of benzene rings is 2. The van der Waals surface area contributed by atoms with E-state index >= 15 is 0 Å². The van der Waals surface area contributed by atoms with Gasteiger partial charge in [0.25, 0.3) is 5.89 Å². The van der Waals surface area contributed by atoms with E-state index in [9.17, 15) is 4.79 Å². The largest absolute Gasteiger partial charge is 0.494 e. The van der Waals surface area contributed by atoms with Gasteiger partial charge in [-0.15, -0.1) is 0 Å². The quantitative estimate of drug-likeness (QED) is 0.510. The minimum absolute atomic E-state index is 0.153. The van der Waals surface area contributed by atoms with E-state index in [1.807, 2.05) is 49.4 Å². The molecular formula is C20H16N2O4. The number of hydrogen-bond donors (Lipinski definition) is 0. The fourth-order valence-corrected chi connectivity index (χ4v) is 2.71. The third-order valence-corrected chi connectivity index (χ3v) is 3.92. The van der Waals surface area contributed by atoms with E-state index in [1.165, 1.54) is 0 Å². The van der Waals surface area contributed by atoms with Crippen LogP contribution < -0.4 is 10.4 Å². The Kier molecular flexibility index (Phi) is 4.23. The average molecular weight is 348 g/mol. The van der Waals surface area contributed by atoms with Crippen LogP contribution in [0.4, 0.5) is 0 Å². The Balaban J connectivity index is 1.67. The van der Waals surface area contributed by atoms with E-state index in [1.54, 1.807) is 12.1 Å². The first-order valence-corrected chi connectivity index (χ1v) is 8.30. The van der Waals surface area contributed by atoms with Crippen LogP contribution in [0.3, 0.4) is 0 Å². The van der Waals surface area contributed by atoms with Crippen molar-refractivity contribution in [3.05, 3.63) is 76.4 Å². The Morgan fingerprint density at radius 1 is 1.08 bits per heavy atom. The van der Waals surface area contributed by atoms with Crippen molar-refractivity contribution in [1.82, 2.24) is 10.1 Å². The average Bonchev–Trinajstić information content (AvgIpc) is 3.10. The van der Waals surface area contributed by atoms with Crippen molar-refractivity contribution >= 4 is 11.0 Å². The molecule has 0 aliphatic heterocycles. The van der Waals surface area contributed by atoms with Crippen LogP contribution in [-0.4, -0.2) is 16.7 Å². The van der Waals surface area contributed by atoms with Gasteiger partial charge in [-0.25, -0.2) is 4.79 Å². The molecule has 0 saturated heterocycles. The minimum atomic E-state index is -0.527. The summed E-state index contributed by atoms with van der Waals surface area (Å²) in [6, 6.07) is 16.8. The topological polar surface area (TPSA) is 78.4 Å². The number of ether oxygens (including phenoxy) is 1. The highest BCUT2D eigenvalue weighted by Gasteiger charge is 2.15. The maximum Gasteiger partial charge on any atom is 0.349 e. The highest BCUT2D eigenvalue weighted by Crippen LogP contribution is 2.24. The molecule has 6 nitrogen and oxygen atoms in total. The summed E-state index contributed by atoms with van der Waals surface area (Å²) in [5.74, 6) is 1.32. The number of rotatable bonds is 5. The molecule has 0 amide bonds. The van der Waals surface area contributed by atoms with E-state index in [2.05, 4.69) is 10.1 Å². The van der Waals surface area contributed by atoms with Gasteiger partial charge in [-0.3, -0.25) is 0 Å². The lowest BCUT2D eigenvalue weighted by Gasteiger charge is -2.04. The van der Waals surface area contributed by atoms with E-state index in [0.29, 0.717) is 30.2 Å². The zero-order valence-corrected chi connectivity index (χ0v) is 14.1. The summed E-state index contributed by atoms with van der Waals surface area (Å²) in [5.41, 5.74) is 1.23. The number of aromatic nitrogens is 2. The molecule has 26 heavy (non-hydrogen) atoms. The summed E-state index contributed by atoms with van der Waals surface area (Å²) in [4.78, 5) is 16.7. The minimum Gasteiger partial charge on any atom is -0.494 e. The first-order valence-electron chi connectivity index (χ1n) is 8.30. The lowest BCUT2D eigenvalue weighted by atomic mass is 10.1. The van der Waals surface area contributed by atoms with E-state index in [4.69, 9.17) is 13.7 Å². The van der Waals surface area contributed by atoms with Gasteiger partial charge < -0.3 is 13.7 Å². The molecule has 6 heteroatoms.